The Morgan fingerprint density at radius 2 is 2.31 bits per heavy atom. The van der Waals surface area contributed by atoms with Crippen LogP contribution in [0.3, 0.4) is 0 Å². The summed E-state index contributed by atoms with van der Waals surface area (Å²) in [5.74, 6) is 0. The standard InChI is InChI=1S/C9H8ClN3/c10-9-6-2-1-3-7(6)12-8-4-5-11-13(8)9/h4-5H,1-3H2. The van der Waals surface area contributed by atoms with Gasteiger partial charge in [0.15, 0.2) is 5.65 Å². The molecule has 0 bridgehead atoms. The summed E-state index contributed by atoms with van der Waals surface area (Å²) in [4.78, 5) is 4.49. The highest BCUT2D eigenvalue weighted by Crippen LogP contribution is 2.27. The number of aryl methyl sites for hydroxylation is 1. The molecule has 0 saturated carbocycles. The molecule has 4 heteroatoms. The fourth-order valence-corrected chi connectivity index (χ4v) is 2.21. The van der Waals surface area contributed by atoms with Gasteiger partial charge in [-0.3, -0.25) is 0 Å². The molecule has 0 saturated heterocycles. The first kappa shape index (κ1) is 7.33. The zero-order valence-electron chi connectivity index (χ0n) is 7.00. The Hall–Kier alpha value is -1.09. The second-order valence-corrected chi connectivity index (χ2v) is 3.64. The fourth-order valence-electron chi connectivity index (χ4n) is 1.87. The Balaban J connectivity index is 2.45. The lowest BCUT2D eigenvalue weighted by molar-refractivity contribution is 0.900. The second kappa shape index (κ2) is 2.45. The molecule has 0 aromatic carbocycles. The molecule has 0 amide bonds. The van der Waals surface area contributed by atoms with Crippen LogP contribution in [0.4, 0.5) is 0 Å². The summed E-state index contributed by atoms with van der Waals surface area (Å²) in [5.41, 5.74) is 3.18. The number of aromatic nitrogens is 3. The van der Waals surface area contributed by atoms with E-state index >= 15 is 0 Å². The molecule has 0 aliphatic heterocycles. The van der Waals surface area contributed by atoms with E-state index in [0.717, 1.165) is 35.8 Å². The molecule has 2 aromatic rings. The highest BCUT2D eigenvalue weighted by Gasteiger charge is 2.18. The summed E-state index contributed by atoms with van der Waals surface area (Å²) in [5, 5.41) is 4.86. The van der Waals surface area contributed by atoms with Crippen molar-refractivity contribution in [2.75, 3.05) is 0 Å². The molecule has 13 heavy (non-hydrogen) atoms. The first-order chi connectivity index (χ1) is 6.36. The van der Waals surface area contributed by atoms with E-state index in [4.69, 9.17) is 11.6 Å². The summed E-state index contributed by atoms with van der Waals surface area (Å²) >= 11 is 6.19. The lowest BCUT2D eigenvalue weighted by atomic mass is 10.3. The van der Waals surface area contributed by atoms with Gasteiger partial charge in [-0.05, 0) is 19.3 Å². The van der Waals surface area contributed by atoms with Crippen molar-refractivity contribution in [1.82, 2.24) is 14.6 Å². The van der Waals surface area contributed by atoms with E-state index in [-0.39, 0.29) is 0 Å². The van der Waals surface area contributed by atoms with Gasteiger partial charge in [-0.15, -0.1) is 0 Å². The van der Waals surface area contributed by atoms with E-state index in [1.165, 1.54) is 5.56 Å². The summed E-state index contributed by atoms with van der Waals surface area (Å²) in [7, 11) is 0. The van der Waals surface area contributed by atoms with Crippen LogP contribution in [-0.2, 0) is 12.8 Å². The Morgan fingerprint density at radius 3 is 3.23 bits per heavy atom. The van der Waals surface area contributed by atoms with E-state index in [1.54, 1.807) is 10.7 Å². The number of fused-ring (bicyclic) bond motifs is 2. The first-order valence-corrected chi connectivity index (χ1v) is 4.75. The molecule has 0 spiro atoms. The molecule has 1 aliphatic rings. The molecule has 0 radical (unpaired) electrons. The zero-order chi connectivity index (χ0) is 8.84. The van der Waals surface area contributed by atoms with Crippen molar-refractivity contribution < 1.29 is 0 Å². The summed E-state index contributed by atoms with van der Waals surface area (Å²) in [6, 6.07) is 1.88. The van der Waals surface area contributed by atoms with Crippen LogP contribution in [0.2, 0.25) is 5.15 Å². The molecule has 3 nitrogen and oxygen atoms in total. The Bertz CT molecular complexity index is 475. The highest BCUT2D eigenvalue weighted by atomic mass is 35.5. The molecular weight excluding hydrogens is 186 g/mol. The minimum Gasteiger partial charge on any atom is -0.233 e. The van der Waals surface area contributed by atoms with Gasteiger partial charge in [0.05, 0.1) is 6.20 Å². The van der Waals surface area contributed by atoms with Crippen molar-refractivity contribution >= 4 is 17.2 Å². The third-order valence-corrected chi connectivity index (χ3v) is 2.88. The smallest absolute Gasteiger partial charge is 0.156 e. The molecule has 2 aromatic heterocycles. The first-order valence-electron chi connectivity index (χ1n) is 4.37. The quantitative estimate of drug-likeness (QED) is 0.598. The number of hydrogen-bond acceptors (Lipinski definition) is 2. The maximum Gasteiger partial charge on any atom is 0.156 e. The molecule has 0 N–H and O–H groups in total. The maximum absolute atomic E-state index is 6.19. The lowest BCUT2D eigenvalue weighted by Gasteiger charge is -2.03. The number of halogens is 1. The zero-order valence-corrected chi connectivity index (χ0v) is 7.75. The van der Waals surface area contributed by atoms with Crippen molar-refractivity contribution in [1.29, 1.82) is 0 Å². The Kier molecular flexibility index (Phi) is 1.38. The van der Waals surface area contributed by atoms with E-state index in [1.807, 2.05) is 6.07 Å². The monoisotopic (exact) mass is 193 g/mol. The third kappa shape index (κ3) is 0.907. The van der Waals surface area contributed by atoms with Crippen LogP contribution in [0.15, 0.2) is 12.3 Å². The maximum atomic E-state index is 6.19. The summed E-state index contributed by atoms with van der Waals surface area (Å²) < 4.78 is 1.70. The molecule has 0 atom stereocenters. The van der Waals surface area contributed by atoms with Crippen molar-refractivity contribution in [3.05, 3.63) is 28.7 Å². The Labute approximate surface area is 80.3 Å². The molecule has 1 aliphatic carbocycles. The van der Waals surface area contributed by atoms with Crippen LogP contribution in [0.1, 0.15) is 17.7 Å². The third-order valence-electron chi connectivity index (χ3n) is 2.50. The predicted molar refractivity (Wildman–Crippen MR) is 50.0 cm³/mol. The van der Waals surface area contributed by atoms with E-state index in [0.29, 0.717) is 0 Å². The summed E-state index contributed by atoms with van der Waals surface area (Å²) in [6.45, 7) is 0. The van der Waals surface area contributed by atoms with Crippen LogP contribution >= 0.6 is 11.6 Å². The van der Waals surface area contributed by atoms with Crippen molar-refractivity contribution in [3.63, 3.8) is 0 Å². The predicted octanol–water partition coefficient (Wildman–Crippen LogP) is 1.87. The number of rotatable bonds is 0. The van der Waals surface area contributed by atoms with Gasteiger partial charge in [-0.1, -0.05) is 11.6 Å². The normalized spacial score (nSPS) is 15.2. The van der Waals surface area contributed by atoms with Gasteiger partial charge in [0, 0.05) is 17.3 Å². The van der Waals surface area contributed by atoms with E-state index < -0.39 is 0 Å². The summed E-state index contributed by atoms with van der Waals surface area (Å²) in [6.07, 6.45) is 4.98. The van der Waals surface area contributed by atoms with Gasteiger partial charge in [0.25, 0.3) is 0 Å². The molecule has 0 fully saturated rings. The van der Waals surface area contributed by atoms with Crippen LogP contribution in [-0.4, -0.2) is 14.6 Å². The van der Waals surface area contributed by atoms with Crippen molar-refractivity contribution in [2.45, 2.75) is 19.3 Å². The molecular formula is C9H8ClN3. The van der Waals surface area contributed by atoms with E-state index in [9.17, 15) is 0 Å². The average Bonchev–Trinajstić information content (AvgIpc) is 2.71. The van der Waals surface area contributed by atoms with Crippen LogP contribution < -0.4 is 0 Å². The van der Waals surface area contributed by atoms with Crippen LogP contribution in [0.5, 0.6) is 0 Å². The fraction of sp³-hybridized carbons (Fsp3) is 0.333. The van der Waals surface area contributed by atoms with Crippen LogP contribution in [0.25, 0.3) is 5.65 Å². The van der Waals surface area contributed by atoms with Gasteiger partial charge >= 0.3 is 0 Å². The second-order valence-electron chi connectivity index (χ2n) is 3.28. The Morgan fingerprint density at radius 1 is 1.38 bits per heavy atom. The number of nitrogens with zero attached hydrogens (tertiary/aromatic N) is 3. The highest BCUT2D eigenvalue weighted by molar-refractivity contribution is 6.30. The van der Waals surface area contributed by atoms with Crippen molar-refractivity contribution in [2.24, 2.45) is 0 Å². The van der Waals surface area contributed by atoms with Crippen molar-refractivity contribution in [3.8, 4) is 0 Å². The molecule has 0 unspecified atom stereocenters. The largest absolute Gasteiger partial charge is 0.233 e. The minimum atomic E-state index is 0.738. The van der Waals surface area contributed by atoms with Gasteiger partial charge in [0.1, 0.15) is 5.15 Å². The van der Waals surface area contributed by atoms with E-state index in [2.05, 4.69) is 10.1 Å². The molecule has 2 heterocycles. The number of hydrogen-bond donors (Lipinski definition) is 0. The lowest BCUT2D eigenvalue weighted by Crippen LogP contribution is -1.98. The van der Waals surface area contributed by atoms with Gasteiger partial charge in [-0.2, -0.15) is 5.10 Å². The molecule has 3 rings (SSSR count). The molecule has 66 valence electrons. The van der Waals surface area contributed by atoms with Gasteiger partial charge in [-0.25, -0.2) is 9.50 Å². The SMILES string of the molecule is Clc1c2c(nc3ccnn13)CCC2. The average molecular weight is 194 g/mol. The van der Waals surface area contributed by atoms with Crippen LogP contribution in [0, 0.1) is 0 Å². The van der Waals surface area contributed by atoms with Gasteiger partial charge < -0.3 is 0 Å². The van der Waals surface area contributed by atoms with Gasteiger partial charge in [0.2, 0.25) is 0 Å². The minimum absolute atomic E-state index is 0.738. The topological polar surface area (TPSA) is 30.2 Å².